The highest BCUT2D eigenvalue weighted by Gasteiger charge is 2.53. The van der Waals surface area contributed by atoms with E-state index in [1.807, 2.05) is 0 Å². The Kier molecular flexibility index (Phi) is 5.76. The number of aliphatic carboxylic acids is 1. The molecule has 2 N–H and O–H groups in total. The van der Waals surface area contributed by atoms with Crippen LogP contribution in [0.15, 0.2) is 18.2 Å². The first-order valence-corrected chi connectivity index (χ1v) is 7.81. The zero-order valence-corrected chi connectivity index (χ0v) is 14.0. The van der Waals surface area contributed by atoms with Crippen molar-refractivity contribution in [1.82, 2.24) is 4.90 Å². The second-order valence-corrected chi connectivity index (χ2v) is 5.80. The number of non-ortho nitro benzene ring substituents is 1. The highest BCUT2D eigenvalue weighted by atomic mass is 19.4. The number of hydrogen-bond donors (Lipinski definition) is 2. The third-order valence-corrected chi connectivity index (χ3v) is 4.06. The molecule has 1 fully saturated rings. The first-order valence-electron chi connectivity index (χ1n) is 7.81. The summed E-state index contributed by atoms with van der Waals surface area (Å²) in [5, 5.41) is 22.1. The normalized spacial score (nSPS) is 19.6. The molecule has 27 heavy (non-hydrogen) atoms. The molecule has 2 atom stereocenters. The number of halogens is 3. The van der Waals surface area contributed by atoms with E-state index in [9.17, 15) is 32.9 Å². The molecular formula is C15H16F3N3O6. The van der Waals surface area contributed by atoms with Gasteiger partial charge in [-0.25, -0.2) is 4.79 Å². The van der Waals surface area contributed by atoms with E-state index in [0.717, 1.165) is 12.1 Å². The van der Waals surface area contributed by atoms with Gasteiger partial charge < -0.3 is 20.1 Å². The van der Waals surface area contributed by atoms with Gasteiger partial charge >= 0.3 is 18.2 Å². The summed E-state index contributed by atoms with van der Waals surface area (Å²) in [4.78, 5) is 34.3. The predicted octanol–water partition coefficient (Wildman–Crippen LogP) is 2.72. The Morgan fingerprint density at radius 3 is 2.56 bits per heavy atom. The van der Waals surface area contributed by atoms with E-state index in [-0.39, 0.29) is 23.7 Å². The van der Waals surface area contributed by atoms with Gasteiger partial charge in [0.25, 0.3) is 5.69 Å². The number of urea groups is 1. The molecule has 1 aliphatic heterocycles. The molecule has 0 saturated carbocycles. The third-order valence-electron chi connectivity index (χ3n) is 4.06. The molecule has 0 radical (unpaired) electrons. The number of nitrogens with one attached hydrogen (secondary N) is 1. The van der Waals surface area contributed by atoms with Crippen LogP contribution < -0.4 is 10.1 Å². The van der Waals surface area contributed by atoms with E-state index in [1.54, 1.807) is 6.92 Å². The second-order valence-electron chi connectivity index (χ2n) is 5.80. The van der Waals surface area contributed by atoms with Crippen LogP contribution in [0.4, 0.5) is 29.3 Å². The maximum atomic E-state index is 13.0. The smallest absolute Gasteiger partial charge is 0.394 e. The fourth-order valence-corrected chi connectivity index (χ4v) is 2.76. The first kappa shape index (κ1) is 20.3. The van der Waals surface area contributed by atoms with Crippen LogP contribution in [0.25, 0.3) is 0 Å². The Morgan fingerprint density at radius 1 is 1.41 bits per heavy atom. The van der Waals surface area contributed by atoms with Crippen LogP contribution >= 0.6 is 0 Å². The highest BCUT2D eigenvalue weighted by molar-refractivity contribution is 5.92. The lowest BCUT2D eigenvalue weighted by Gasteiger charge is -2.19. The summed E-state index contributed by atoms with van der Waals surface area (Å²) in [5.74, 6) is -5.54. The predicted molar refractivity (Wildman–Crippen MR) is 85.5 cm³/mol. The van der Waals surface area contributed by atoms with Crippen LogP contribution in [-0.2, 0) is 4.79 Å². The van der Waals surface area contributed by atoms with Crippen molar-refractivity contribution in [2.75, 3.05) is 25.0 Å². The number of nitrogens with zero attached hydrogens (tertiary/aromatic N) is 2. The number of benzene rings is 1. The molecule has 1 heterocycles. The number of hydrogen-bond acceptors (Lipinski definition) is 5. The van der Waals surface area contributed by atoms with Crippen LogP contribution in [0.1, 0.15) is 6.92 Å². The second kappa shape index (κ2) is 7.68. The molecule has 148 valence electrons. The maximum Gasteiger partial charge on any atom is 0.394 e. The van der Waals surface area contributed by atoms with Gasteiger partial charge in [0, 0.05) is 25.2 Å². The van der Waals surface area contributed by atoms with Crippen molar-refractivity contribution in [2.24, 2.45) is 11.8 Å². The molecule has 0 bridgehead atoms. The van der Waals surface area contributed by atoms with E-state index >= 15 is 0 Å². The number of likely N-dealkylation sites (tertiary alicyclic amines) is 1. The summed E-state index contributed by atoms with van der Waals surface area (Å²) in [5.41, 5.74) is -0.454. The minimum absolute atomic E-state index is 0.0952. The zero-order chi connectivity index (χ0) is 20.4. The van der Waals surface area contributed by atoms with Crippen molar-refractivity contribution in [3.63, 3.8) is 0 Å². The summed E-state index contributed by atoms with van der Waals surface area (Å²) in [6, 6.07) is 2.40. The number of carbonyl (C=O) groups is 2. The summed E-state index contributed by atoms with van der Waals surface area (Å²) in [6.45, 7) is 0.357. The van der Waals surface area contributed by atoms with Crippen LogP contribution in [0.3, 0.4) is 0 Å². The van der Waals surface area contributed by atoms with Crippen molar-refractivity contribution >= 4 is 23.4 Å². The van der Waals surface area contributed by atoms with Crippen LogP contribution in [0, 0.1) is 22.0 Å². The van der Waals surface area contributed by atoms with Gasteiger partial charge in [-0.3, -0.25) is 14.9 Å². The molecule has 1 saturated heterocycles. The summed E-state index contributed by atoms with van der Waals surface area (Å²) in [6.07, 6.45) is -4.78. The number of carboxylic acids is 1. The first-order chi connectivity index (χ1) is 12.5. The Bertz CT molecular complexity index is 755. The Balaban J connectivity index is 2.23. The molecule has 12 heteroatoms. The number of carboxylic acid groups (broad SMARTS) is 1. The molecule has 1 aromatic rings. The van der Waals surface area contributed by atoms with Crippen LogP contribution in [-0.4, -0.2) is 52.8 Å². The van der Waals surface area contributed by atoms with Crippen molar-refractivity contribution in [2.45, 2.75) is 13.1 Å². The van der Waals surface area contributed by atoms with Gasteiger partial charge in [-0.15, -0.1) is 0 Å². The number of rotatable bonds is 5. The van der Waals surface area contributed by atoms with E-state index < -0.39 is 48.0 Å². The molecule has 0 spiro atoms. The average Bonchev–Trinajstić information content (AvgIpc) is 3.02. The van der Waals surface area contributed by atoms with Gasteiger partial charge in [0.2, 0.25) is 0 Å². The minimum atomic E-state index is -4.78. The van der Waals surface area contributed by atoms with E-state index in [2.05, 4.69) is 5.32 Å². The average molecular weight is 391 g/mol. The minimum Gasteiger partial charge on any atom is -0.492 e. The van der Waals surface area contributed by atoms with Gasteiger partial charge in [0.15, 0.2) is 0 Å². The maximum absolute atomic E-state index is 13.0. The molecule has 0 aromatic heterocycles. The quantitative estimate of drug-likeness (QED) is 0.588. The lowest BCUT2D eigenvalue weighted by Crippen LogP contribution is -2.35. The van der Waals surface area contributed by atoms with E-state index in [1.165, 1.54) is 6.07 Å². The third kappa shape index (κ3) is 4.57. The summed E-state index contributed by atoms with van der Waals surface area (Å²) in [7, 11) is 0. The highest BCUT2D eigenvalue weighted by Crippen LogP contribution is 2.38. The Labute approximate surface area is 150 Å². The summed E-state index contributed by atoms with van der Waals surface area (Å²) < 4.78 is 44.3. The molecule has 1 aliphatic rings. The molecule has 0 aliphatic carbocycles. The number of amides is 2. The molecule has 1 aromatic carbocycles. The summed E-state index contributed by atoms with van der Waals surface area (Å²) >= 11 is 0. The number of nitro groups is 1. The number of nitro benzene ring substituents is 1. The van der Waals surface area contributed by atoms with Crippen molar-refractivity contribution in [3.8, 4) is 5.75 Å². The molecule has 0 unspecified atom stereocenters. The Morgan fingerprint density at radius 2 is 2.07 bits per heavy atom. The Hall–Kier alpha value is -3.05. The molecular weight excluding hydrogens is 375 g/mol. The van der Waals surface area contributed by atoms with Gasteiger partial charge in [-0.05, 0) is 13.0 Å². The monoisotopic (exact) mass is 391 g/mol. The van der Waals surface area contributed by atoms with Gasteiger partial charge in [0.05, 0.1) is 29.1 Å². The SMILES string of the molecule is CCOc1ccc([N+](=O)[O-])cc1NC(=O)N1C[C@@H](C(F)(F)F)[C@H](C(=O)O)C1. The van der Waals surface area contributed by atoms with E-state index in [0.29, 0.717) is 4.90 Å². The van der Waals surface area contributed by atoms with Gasteiger partial charge in [-0.2, -0.15) is 13.2 Å². The number of anilines is 1. The van der Waals surface area contributed by atoms with Gasteiger partial charge in [-0.1, -0.05) is 0 Å². The van der Waals surface area contributed by atoms with Crippen LogP contribution in [0.2, 0.25) is 0 Å². The topological polar surface area (TPSA) is 122 Å². The lowest BCUT2D eigenvalue weighted by atomic mass is 9.96. The fraction of sp³-hybridized carbons (Fsp3) is 0.467. The van der Waals surface area contributed by atoms with Crippen molar-refractivity contribution in [1.29, 1.82) is 0 Å². The largest absolute Gasteiger partial charge is 0.492 e. The van der Waals surface area contributed by atoms with Crippen molar-refractivity contribution < 1.29 is 37.5 Å². The van der Waals surface area contributed by atoms with Gasteiger partial charge in [0.1, 0.15) is 5.75 Å². The zero-order valence-electron chi connectivity index (χ0n) is 14.0. The van der Waals surface area contributed by atoms with Crippen LogP contribution in [0.5, 0.6) is 5.75 Å². The van der Waals surface area contributed by atoms with E-state index in [4.69, 9.17) is 9.84 Å². The lowest BCUT2D eigenvalue weighted by molar-refractivity contribution is -0.384. The number of ether oxygens (including phenoxy) is 1. The standard InChI is InChI=1S/C15H16F3N3O6/c1-2-27-12-4-3-8(21(25)26)5-11(12)19-14(24)20-6-9(13(22)23)10(7-20)15(16,17)18/h3-5,9-10H,2,6-7H2,1H3,(H,19,24)(H,22,23)/t9-,10-/m1/s1. The number of alkyl halides is 3. The van der Waals surface area contributed by atoms with Crippen molar-refractivity contribution in [3.05, 3.63) is 28.3 Å². The molecule has 2 rings (SSSR count). The molecule has 2 amide bonds. The molecule has 9 nitrogen and oxygen atoms in total. The fourth-order valence-electron chi connectivity index (χ4n) is 2.76. The number of carbonyl (C=O) groups excluding carboxylic acids is 1.